The fourth-order valence-corrected chi connectivity index (χ4v) is 8.86. The van der Waals surface area contributed by atoms with Gasteiger partial charge in [-0.05, 0) is 131 Å². The van der Waals surface area contributed by atoms with Gasteiger partial charge in [-0.15, -0.1) is 0 Å². The topological polar surface area (TPSA) is 64.1 Å². The quantitative estimate of drug-likeness (QED) is 0.188. The third kappa shape index (κ3) is 4.52. The van der Waals surface area contributed by atoms with E-state index in [0.29, 0.717) is 0 Å². The Hall–Kier alpha value is -6.66. The molecule has 4 aromatic heterocycles. The van der Waals surface area contributed by atoms with Crippen LogP contribution in [0.2, 0.25) is 0 Å². The molecule has 53 heavy (non-hydrogen) atoms. The maximum absolute atomic E-state index is 10.0. The number of phenols is 1. The lowest BCUT2D eigenvalue weighted by Gasteiger charge is -2.20. The predicted octanol–water partition coefficient (Wildman–Crippen LogP) is 10.5. The lowest BCUT2D eigenvalue weighted by atomic mass is 9.92. The zero-order valence-corrected chi connectivity index (χ0v) is 29.2. The average Bonchev–Trinajstić information content (AvgIpc) is 3.87. The van der Waals surface area contributed by atoms with Crippen molar-refractivity contribution < 1.29 is 9.84 Å². The summed E-state index contributed by atoms with van der Waals surface area (Å²) in [5, 5.41) is 17.1. The van der Waals surface area contributed by atoms with Gasteiger partial charge >= 0.3 is 0 Å². The minimum absolute atomic E-state index is 0.278. The molecule has 0 aliphatic carbocycles. The summed E-state index contributed by atoms with van der Waals surface area (Å²) in [4.78, 5) is 9.44. The van der Waals surface area contributed by atoms with Gasteiger partial charge in [0.15, 0.2) is 0 Å². The number of nitrogens with zero attached hydrogens (tertiary/aromatic N) is 4. The van der Waals surface area contributed by atoms with Crippen molar-refractivity contribution in [3.05, 3.63) is 156 Å². The van der Waals surface area contributed by atoms with Gasteiger partial charge in [-0.2, -0.15) is 0 Å². The van der Waals surface area contributed by atoms with E-state index < -0.39 is 0 Å². The second-order valence-corrected chi connectivity index (χ2v) is 14.3. The Morgan fingerprint density at radius 2 is 1.00 bits per heavy atom. The molecule has 6 heterocycles. The molecule has 0 saturated carbocycles. The summed E-state index contributed by atoms with van der Waals surface area (Å²) in [5.41, 5.74) is 14.8. The van der Waals surface area contributed by atoms with E-state index in [-0.39, 0.29) is 5.75 Å². The number of aryl methyl sites for hydroxylation is 4. The first kappa shape index (κ1) is 30.0. The molecular weight excluding hydrogens is 653 g/mol. The summed E-state index contributed by atoms with van der Waals surface area (Å²) < 4.78 is 10.1. The van der Waals surface area contributed by atoms with Crippen molar-refractivity contribution >= 4 is 54.6 Å². The molecule has 2 aliphatic rings. The van der Waals surface area contributed by atoms with E-state index in [1.165, 1.54) is 72.0 Å². The zero-order valence-electron chi connectivity index (χ0n) is 29.2. The van der Waals surface area contributed by atoms with Crippen LogP contribution >= 0.6 is 0 Å². The van der Waals surface area contributed by atoms with Gasteiger partial charge in [0.1, 0.15) is 22.8 Å². The fourth-order valence-electron chi connectivity index (χ4n) is 8.86. The van der Waals surface area contributed by atoms with Crippen LogP contribution in [-0.2, 0) is 25.7 Å². The highest BCUT2D eigenvalue weighted by Gasteiger charge is 2.22. The van der Waals surface area contributed by atoms with Crippen LogP contribution in [0.1, 0.15) is 22.5 Å². The van der Waals surface area contributed by atoms with Crippen molar-refractivity contribution in [1.29, 1.82) is 0 Å². The Labute approximate surface area is 305 Å². The average molecular weight is 687 g/mol. The van der Waals surface area contributed by atoms with Crippen LogP contribution in [0, 0.1) is 0 Å². The lowest BCUT2D eigenvalue weighted by molar-refractivity contribution is 0.415. The van der Waals surface area contributed by atoms with E-state index >= 15 is 0 Å². The fraction of sp³-hybridized carbons (Fsp3) is 0.106. The highest BCUT2D eigenvalue weighted by atomic mass is 16.5. The van der Waals surface area contributed by atoms with Crippen molar-refractivity contribution in [1.82, 2.24) is 18.8 Å². The van der Waals surface area contributed by atoms with Crippen LogP contribution < -0.4 is 4.74 Å². The van der Waals surface area contributed by atoms with Crippen LogP contribution in [0.4, 0.5) is 0 Å². The summed E-state index contributed by atoms with van der Waals surface area (Å²) in [6, 6.07) is 42.4. The number of hydrogen-bond acceptors (Lipinski definition) is 4. The van der Waals surface area contributed by atoms with E-state index in [4.69, 9.17) is 9.72 Å². The van der Waals surface area contributed by atoms with Gasteiger partial charge in [0.05, 0.1) is 18.1 Å². The number of benzene rings is 6. The van der Waals surface area contributed by atoms with Crippen LogP contribution in [0.15, 0.2) is 134 Å². The minimum atomic E-state index is 0.278. The van der Waals surface area contributed by atoms with Gasteiger partial charge in [0.2, 0.25) is 0 Å². The van der Waals surface area contributed by atoms with Crippen molar-refractivity contribution in [3.8, 4) is 33.8 Å². The zero-order chi connectivity index (χ0) is 35.2. The summed E-state index contributed by atoms with van der Waals surface area (Å²) in [5.74, 6) is 1.14. The second-order valence-electron chi connectivity index (χ2n) is 14.3. The van der Waals surface area contributed by atoms with Crippen LogP contribution in [0.25, 0.3) is 76.9 Å². The van der Waals surface area contributed by atoms with Crippen molar-refractivity contribution in [3.63, 3.8) is 0 Å². The number of methoxy groups -OCH3 is 1. The number of aromatic hydroxyl groups is 1. The normalized spacial score (nSPS) is 13.2. The number of imidazole rings is 2. The first-order valence-electron chi connectivity index (χ1n) is 18.2. The Morgan fingerprint density at radius 1 is 0.491 bits per heavy atom. The van der Waals surface area contributed by atoms with E-state index in [9.17, 15) is 5.11 Å². The monoisotopic (exact) mass is 686 g/mol. The van der Waals surface area contributed by atoms with Gasteiger partial charge in [-0.1, -0.05) is 60.7 Å². The van der Waals surface area contributed by atoms with Crippen molar-refractivity contribution in [2.45, 2.75) is 25.7 Å². The number of ether oxygens (including phenoxy) is 1. The number of hydrogen-bond donors (Lipinski definition) is 1. The molecule has 10 aromatic rings. The smallest absolute Gasteiger partial charge is 0.145 e. The third-order valence-corrected chi connectivity index (χ3v) is 11.3. The first-order chi connectivity index (χ1) is 26.1. The molecule has 0 spiro atoms. The molecule has 0 saturated heterocycles. The van der Waals surface area contributed by atoms with E-state index in [2.05, 4.69) is 105 Å². The first-order valence-corrected chi connectivity index (χ1v) is 18.2. The molecular formula is C47H34N4O2. The van der Waals surface area contributed by atoms with Crippen molar-refractivity contribution in [2.75, 3.05) is 7.11 Å². The maximum atomic E-state index is 10.0. The predicted molar refractivity (Wildman–Crippen MR) is 214 cm³/mol. The molecule has 6 nitrogen and oxygen atoms in total. The van der Waals surface area contributed by atoms with E-state index in [1.54, 1.807) is 13.2 Å². The largest absolute Gasteiger partial charge is 0.508 e. The van der Waals surface area contributed by atoms with E-state index in [0.717, 1.165) is 58.9 Å². The summed E-state index contributed by atoms with van der Waals surface area (Å²) in [7, 11) is 1.71. The van der Waals surface area contributed by atoms with Gasteiger partial charge < -0.3 is 9.84 Å². The van der Waals surface area contributed by atoms with Crippen LogP contribution in [-0.4, -0.2) is 31.0 Å². The number of aromatic nitrogens is 4. The summed E-state index contributed by atoms with van der Waals surface area (Å²) in [6.07, 6.45) is 8.11. The number of fused-ring (bicyclic) bond motifs is 6. The minimum Gasteiger partial charge on any atom is -0.508 e. The Bertz CT molecular complexity index is 3110. The molecule has 6 heteroatoms. The molecule has 0 atom stereocenters. The molecule has 0 unspecified atom stereocenters. The third-order valence-electron chi connectivity index (χ3n) is 11.3. The summed E-state index contributed by atoms with van der Waals surface area (Å²) in [6.45, 7) is 0. The molecule has 2 aliphatic heterocycles. The number of pyridine rings is 2. The molecule has 0 fully saturated rings. The molecule has 0 bridgehead atoms. The van der Waals surface area contributed by atoms with Crippen LogP contribution in [0.5, 0.6) is 11.5 Å². The van der Waals surface area contributed by atoms with Crippen molar-refractivity contribution in [2.24, 2.45) is 0 Å². The van der Waals surface area contributed by atoms with Gasteiger partial charge in [-0.3, -0.25) is 8.80 Å². The number of rotatable bonds is 3. The second kappa shape index (κ2) is 11.4. The molecule has 12 rings (SSSR count). The summed E-state index contributed by atoms with van der Waals surface area (Å²) >= 11 is 0. The lowest BCUT2D eigenvalue weighted by Crippen LogP contribution is -2.07. The Kier molecular flexibility index (Phi) is 6.47. The molecule has 1 N–H and O–H groups in total. The highest BCUT2D eigenvalue weighted by molar-refractivity contribution is 6.15. The Morgan fingerprint density at radius 3 is 1.53 bits per heavy atom. The number of phenolic OH excluding ortho intramolecular Hbond substituents is 1. The van der Waals surface area contributed by atoms with Gasteiger partial charge in [-0.25, -0.2) is 9.97 Å². The van der Waals surface area contributed by atoms with E-state index in [1.807, 2.05) is 36.7 Å². The highest BCUT2D eigenvalue weighted by Crippen LogP contribution is 2.40. The van der Waals surface area contributed by atoms with Gasteiger partial charge in [0.25, 0.3) is 0 Å². The Balaban J connectivity index is 0.000000125. The SMILES string of the molecule is COc1ccc2c(c1)c1ncc3n1c1c(cc(-c4ccccc4)cc21)CC3.Oc1ccc2c(c1)c1ncc3n1c1c(cc(-c4ccccc4)cc21)CC3. The molecule has 254 valence electrons. The molecule has 0 amide bonds. The molecule has 6 aromatic carbocycles. The standard InChI is InChI=1S/C24H18N2O.C23H16N2O/c1-27-19-9-10-20-21-12-17(15-5-3-2-4-6-15)11-16-7-8-18-14-25-24(22(20)13-19)26(18)23(16)21;26-18-8-9-19-20-11-16(14-4-2-1-3-5-14)10-15-6-7-17-13-24-23(21(19)12-18)25(17)22(15)20/h2-6,9-14H,7-8H2,1H3;1-5,8-13,26H,6-7H2. The molecule has 0 radical (unpaired) electrons. The van der Waals surface area contributed by atoms with Crippen LogP contribution in [0.3, 0.4) is 0 Å². The van der Waals surface area contributed by atoms with Gasteiger partial charge in [0, 0.05) is 45.3 Å². The maximum Gasteiger partial charge on any atom is 0.145 e.